The maximum Gasteiger partial charge on any atom is 0.395 e. The predicted octanol–water partition coefficient (Wildman–Crippen LogP) is 0.780. The minimum atomic E-state index is -5.36. The molecule has 0 aliphatic rings. The lowest BCUT2D eigenvalue weighted by atomic mass is 10.5. The highest BCUT2D eigenvalue weighted by Gasteiger charge is 2.47. The summed E-state index contributed by atoms with van der Waals surface area (Å²) in [4.78, 5) is 15.9. The molecule has 58 valence electrons. The number of hydrogen-bond donors (Lipinski definition) is 2. The molecule has 3 nitrogen and oxygen atoms in total. The van der Waals surface area contributed by atoms with Crippen LogP contribution in [0.2, 0.25) is 0 Å². The molecule has 0 atom stereocenters. The highest BCUT2D eigenvalue weighted by molar-refractivity contribution is 7.53. The summed E-state index contributed by atoms with van der Waals surface area (Å²) < 4.78 is 33.9. The Morgan fingerprint density at radius 1 is 1.60 bits per heavy atom. The van der Waals surface area contributed by atoms with Gasteiger partial charge in [0, 0.05) is 0 Å². The van der Waals surface area contributed by atoms with Gasteiger partial charge in [0.1, 0.15) is 0 Å². The minimum Gasteiger partial charge on any atom is -0.320 e. The Hall–Kier alpha value is -0.430. The Morgan fingerprint density at radius 3 is 2.10 bits per heavy atom. The molecular formula is C4H5F2O3P. The van der Waals surface area contributed by atoms with Gasteiger partial charge in [0.25, 0.3) is 0 Å². The van der Waals surface area contributed by atoms with Gasteiger partial charge in [0.05, 0.1) is 6.42 Å². The second kappa shape index (κ2) is 2.67. The SMILES string of the molecule is C#CCC(F)(F)P(=O)(O)O. The van der Waals surface area contributed by atoms with E-state index in [4.69, 9.17) is 9.79 Å². The van der Waals surface area contributed by atoms with Crippen LogP contribution in [-0.2, 0) is 4.57 Å². The maximum atomic E-state index is 12.0. The summed E-state index contributed by atoms with van der Waals surface area (Å²) in [5.74, 6) is 1.47. The van der Waals surface area contributed by atoms with Crippen LogP contribution >= 0.6 is 7.60 Å². The van der Waals surface area contributed by atoms with E-state index in [-0.39, 0.29) is 0 Å². The quantitative estimate of drug-likeness (QED) is 0.475. The summed E-state index contributed by atoms with van der Waals surface area (Å²) in [6.45, 7) is 0. The first-order valence-corrected chi connectivity index (χ1v) is 3.79. The van der Waals surface area contributed by atoms with E-state index < -0.39 is 19.7 Å². The zero-order chi connectivity index (χ0) is 8.41. The van der Waals surface area contributed by atoms with Crippen molar-refractivity contribution in [3.05, 3.63) is 0 Å². The van der Waals surface area contributed by atoms with E-state index in [1.165, 1.54) is 5.92 Å². The molecule has 0 unspecified atom stereocenters. The van der Waals surface area contributed by atoms with E-state index >= 15 is 0 Å². The number of hydrogen-bond acceptors (Lipinski definition) is 1. The number of halogens is 2. The fourth-order valence-electron chi connectivity index (χ4n) is 0.226. The minimum absolute atomic E-state index is 1.24. The van der Waals surface area contributed by atoms with Crippen LogP contribution in [0.3, 0.4) is 0 Å². The Kier molecular flexibility index (Phi) is 2.55. The van der Waals surface area contributed by atoms with Crippen molar-refractivity contribution < 1.29 is 23.1 Å². The summed E-state index contributed by atoms with van der Waals surface area (Å²) in [6.07, 6.45) is 3.20. The molecule has 0 aromatic rings. The van der Waals surface area contributed by atoms with E-state index in [2.05, 4.69) is 6.42 Å². The summed E-state index contributed by atoms with van der Waals surface area (Å²) in [5, 5.41) is 0. The van der Waals surface area contributed by atoms with Crippen molar-refractivity contribution in [3.8, 4) is 12.3 Å². The van der Waals surface area contributed by atoms with Crippen LogP contribution in [0.1, 0.15) is 6.42 Å². The molecule has 0 aromatic heterocycles. The van der Waals surface area contributed by atoms with Crippen LogP contribution in [0, 0.1) is 12.3 Å². The summed E-state index contributed by atoms with van der Waals surface area (Å²) in [7, 11) is -5.36. The van der Waals surface area contributed by atoms with Crippen molar-refractivity contribution in [1.82, 2.24) is 0 Å². The van der Waals surface area contributed by atoms with Gasteiger partial charge in [0.2, 0.25) is 0 Å². The third-order valence-corrected chi connectivity index (χ3v) is 1.75. The van der Waals surface area contributed by atoms with E-state index in [1.54, 1.807) is 0 Å². The van der Waals surface area contributed by atoms with Crippen LogP contribution in [0.15, 0.2) is 0 Å². The van der Waals surface area contributed by atoms with Crippen molar-refractivity contribution in [2.45, 2.75) is 12.1 Å². The van der Waals surface area contributed by atoms with Gasteiger partial charge in [-0.25, -0.2) is 0 Å². The van der Waals surface area contributed by atoms with Crippen molar-refractivity contribution >= 4 is 7.60 Å². The van der Waals surface area contributed by atoms with Crippen molar-refractivity contribution in [1.29, 1.82) is 0 Å². The topological polar surface area (TPSA) is 57.5 Å². The summed E-state index contributed by atoms with van der Waals surface area (Å²) >= 11 is 0. The lowest BCUT2D eigenvalue weighted by molar-refractivity contribution is 0.0643. The van der Waals surface area contributed by atoms with Gasteiger partial charge in [-0.15, -0.1) is 6.42 Å². The molecule has 0 aliphatic heterocycles. The van der Waals surface area contributed by atoms with Gasteiger partial charge in [-0.05, 0) is 0 Å². The molecule has 0 fully saturated rings. The average molecular weight is 170 g/mol. The fraction of sp³-hybridized carbons (Fsp3) is 0.500. The summed E-state index contributed by atoms with van der Waals surface area (Å²) in [5.41, 5.74) is -4.08. The van der Waals surface area contributed by atoms with Gasteiger partial charge >= 0.3 is 13.3 Å². The third-order valence-electron chi connectivity index (χ3n) is 0.741. The van der Waals surface area contributed by atoms with Gasteiger partial charge in [0.15, 0.2) is 0 Å². The van der Waals surface area contributed by atoms with E-state index in [1.807, 2.05) is 0 Å². The molecule has 0 amide bonds. The van der Waals surface area contributed by atoms with E-state index in [0.717, 1.165) is 0 Å². The first kappa shape index (κ1) is 9.57. The molecule has 0 saturated carbocycles. The molecule has 2 N–H and O–H groups in total. The standard InChI is InChI=1S/C4H5F2O3P/c1-2-3-4(5,6)10(7,8)9/h1H,3H2,(H2,7,8,9). The number of rotatable bonds is 2. The first-order chi connectivity index (χ1) is 4.31. The van der Waals surface area contributed by atoms with Crippen molar-refractivity contribution in [2.24, 2.45) is 0 Å². The monoisotopic (exact) mass is 170 g/mol. The second-order valence-electron chi connectivity index (χ2n) is 1.59. The van der Waals surface area contributed by atoms with Crippen molar-refractivity contribution in [2.75, 3.05) is 0 Å². The first-order valence-electron chi connectivity index (χ1n) is 2.18. The number of terminal acetylenes is 1. The molecule has 0 bridgehead atoms. The highest BCUT2D eigenvalue weighted by atomic mass is 31.2. The average Bonchev–Trinajstić information content (AvgIpc) is 1.61. The van der Waals surface area contributed by atoms with Crippen LogP contribution < -0.4 is 0 Å². The van der Waals surface area contributed by atoms with E-state index in [9.17, 15) is 13.3 Å². The Balaban J connectivity index is 4.45. The molecule has 0 spiro atoms. The largest absolute Gasteiger partial charge is 0.395 e. The lowest BCUT2D eigenvalue weighted by Gasteiger charge is -2.13. The fourth-order valence-corrected chi connectivity index (χ4v) is 0.523. The van der Waals surface area contributed by atoms with E-state index in [0.29, 0.717) is 0 Å². The van der Waals surface area contributed by atoms with Gasteiger partial charge in [-0.3, -0.25) is 4.57 Å². The van der Waals surface area contributed by atoms with Crippen LogP contribution in [-0.4, -0.2) is 15.5 Å². The second-order valence-corrected chi connectivity index (χ2v) is 3.33. The highest BCUT2D eigenvalue weighted by Crippen LogP contribution is 2.54. The summed E-state index contributed by atoms with van der Waals surface area (Å²) in [6, 6.07) is 0. The molecule has 0 aromatic carbocycles. The predicted molar refractivity (Wildman–Crippen MR) is 30.4 cm³/mol. The molecular weight excluding hydrogens is 165 g/mol. The number of alkyl halides is 2. The smallest absolute Gasteiger partial charge is 0.320 e. The lowest BCUT2D eigenvalue weighted by Crippen LogP contribution is -2.14. The molecule has 10 heavy (non-hydrogen) atoms. The molecule has 0 aliphatic carbocycles. The normalized spacial score (nSPS) is 12.7. The van der Waals surface area contributed by atoms with Gasteiger partial charge in [-0.1, -0.05) is 5.92 Å². The Bertz CT molecular complexity index is 201. The zero-order valence-corrected chi connectivity index (χ0v) is 5.68. The molecule has 0 radical (unpaired) electrons. The molecule has 0 heterocycles. The third kappa shape index (κ3) is 2.07. The van der Waals surface area contributed by atoms with Crippen LogP contribution in [0.25, 0.3) is 0 Å². The molecule has 6 heteroatoms. The molecule has 0 saturated heterocycles. The van der Waals surface area contributed by atoms with Crippen molar-refractivity contribution in [3.63, 3.8) is 0 Å². The molecule has 0 rings (SSSR count). The Labute approximate surface area is 56.2 Å². The maximum absolute atomic E-state index is 12.0. The Morgan fingerprint density at radius 2 is 2.00 bits per heavy atom. The van der Waals surface area contributed by atoms with Crippen LogP contribution in [0.4, 0.5) is 8.78 Å². The zero-order valence-electron chi connectivity index (χ0n) is 4.79. The van der Waals surface area contributed by atoms with Crippen LogP contribution in [0.5, 0.6) is 0 Å². The van der Waals surface area contributed by atoms with Gasteiger partial charge < -0.3 is 9.79 Å². The van der Waals surface area contributed by atoms with Gasteiger partial charge in [-0.2, -0.15) is 8.78 Å².